The molecule has 0 radical (unpaired) electrons. The van der Waals surface area contributed by atoms with Crippen LogP contribution in [0.15, 0.2) is 30.3 Å². The van der Waals surface area contributed by atoms with E-state index in [4.69, 9.17) is 0 Å². The molecule has 1 atom stereocenters. The third-order valence-corrected chi connectivity index (χ3v) is 4.27. The third kappa shape index (κ3) is 3.44. The Hall–Kier alpha value is -2.57. The monoisotopic (exact) mass is 316 g/mol. The van der Waals surface area contributed by atoms with Gasteiger partial charge in [0.1, 0.15) is 0 Å². The van der Waals surface area contributed by atoms with Crippen LogP contribution < -0.4 is 10.2 Å². The van der Waals surface area contributed by atoms with E-state index in [1.54, 1.807) is 14.7 Å². The highest BCUT2D eigenvalue weighted by molar-refractivity contribution is 5.96. The Kier molecular flexibility index (Phi) is 4.45. The van der Waals surface area contributed by atoms with Crippen LogP contribution in [-0.2, 0) is 9.59 Å². The number of benzene rings is 1. The zero-order valence-electron chi connectivity index (χ0n) is 12.9. The molecule has 0 saturated carbocycles. The van der Waals surface area contributed by atoms with Crippen LogP contribution in [0.1, 0.15) is 6.42 Å². The Morgan fingerprint density at radius 3 is 2.48 bits per heavy atom. The number of piperazine rings is 1. The summed E-state index contributed by atoms with van der Waals surface area (Å²) in [6.07, 6.45) is 1.12. The van der Waals surface area contributed by atoms with Crippen molar-refractivity contribution in [1.29, 1.82) is 0 Å². The van der Waals surface area contributed by atoms with Crippen molar-refractivity contribution in [2.24, 2.45) is 0 Å². The highest BCUT2D eigenvalue weighted by atomic mass is 16.2. The minimum absolute atomic E-state index is 0.0206. The molecule has 2 heterocycles. The van der Waals surface area contributed by atoms with Crippen LogP contribution in [0, 0.1) is 0 Å². The van der Waals surface area contributed by atoms with Gasteiger partial charge in [0.2, 0.25) is 12.3 Å². The van der Waals surface area contributed by atoms with Crippen molar-refractivity contribution < 1.29 is 14.4 Å². The summed E-state index contributed by atoms with van der Waals surface area (Å²) in [4.78, 5) is 40.1. The topological polar surface area (TPSA) is 73.0 Å². The van der Waals surface area contributed by atoms with Gasteiger partial charge in [0, 0.05) is 44.8 Å². The van der Waals surface area contributed by atoms with E-state index >= 15 is 0 Å². The van der Waals surface area contributed by atoms with Crippen molar-refractivity contribution in [1.82, 2.24) is 15.1 Å². The van der Waals surface area contributed by atoms with Gasteiger partial charge in [0.05, 0.1) is 6.04 Å². The Bertz CT molecular complexity index is 584. The van der Waals surface area contributed by atoms with Crippen molar-refractivity contribution in [2.45, 2.75) is 12.5 Å². The average molecular weight is 316 g/mol. The van der Waals surface area contributed by atoms with Gasteiger partial charge in [0.25, 0.3) is 0 Å². The summed E-state index contributed by atoms with van der Waals surface area (Å²) in [5.74, 6) is 0.0206. The summed E-state index contributed by atoms with van der Waals surface area (Å²) in [5, 5.41) is 2.93. The molecule has 1 unspecified atom stereocenters. The lowest BCUT2D eigenvalue weighted by Crippen LogP contribution is -2.53. The molecular weight excluding hydrogens is 296 g/mol. The SMILES string of the molecule is O=CN1CCN(C(=O)NC2CC(=O)N(c3ccccc3)C2)CC1. The molecule has 1 N–H and O–H groups in total. The largest absolute Gasteiger partial charge is 0.342 e. The molecule has 2 aliphatic heterocycles. The minimum atomic E-state index is -0.181. The van der Waals surface area contributed by atoms with Crippen molar-refractivity contribution >= 4 is 24.0 Å². The first-order chi connectivity index (χ1) is 11.2. The fourth-order valence-electron chi connectivity index (χ4n) is 2.96. The number of nitrogens with one attached hydrogen (secondary N) is 1. The lowest BCUT2D eigenvalue weighted by atomic mass is 10.2. The predicted octanol–water partition coefficient (Wildman–Crippen LogP) is 0.275. The number of nitrogens with zero attached hydrogens (tertiary/aromatic N) is 3. The smallest absolute Gasteiger partial charge is 0.317 e. The maximum atomic E-state index is 12.3. The molecule has 1 aromatic carbocycles. The number of hydrogen-bond donors (Lipinski definition) is 1. The molecule has 1 aromatic rings. The van der Waals surface area contributed by atoms with E-state index in [2.05, 4.69) is 5.32 Å². The lowest BCUT2D eigenvalue weighted by Gasteiger charge is -2.33. The predicted molar refractivity (Wildman–Crippen MR) is 84.9 cm³/mol. The number of carbonyl (C=O) groups is 3. The van der Waals surface area contributed by atoms with E-state index in [9.17, 15) is 14.4 Å². The summed E-state index contributed by atoms with van der Waals surface area (Å²) >= 11 is 0. The van der Waals surface area contributed by atoms with Gasteiger partial charge in [0.15, 0.2) is 0 Å². The second kappa shape index (κ2) is 6.68. The van der Waals surface area contributed by atoms with Crippen molar-refractivity contribution in [3.8, 4) is 0 Å². The summed E-state index contributed by atoms with van der Waals surface area (Å²) in [5.41, 5.74) is 0.855. The molecular formula is C16H20N4O3. The Morgan fingerprint density at radius 1 is 1.13 bits per heavy atom. The van der Waals surface area contributed by atoms with Crippen LogP contribution in [0.2, 0.25) is 0 Å². The molecule has 4 amide bonds. The fraction of sp³-hybridized carbons (Fsp3) is 0.438. The highest BCUT2D eigenvalue weighted by Gasteiger charge is 2.32. The van der Waals surface area contributed by atoms with Crippen molar-refractivity contribution in [2.75, 3.05) is 37.6 Å². The number of hydrogen-bond acceptors (Lipinski definition) is 3. The number of para-hydroxylation sites is 1. The molecule has 0 spiro atoms. The van der Waals surface area contributed by atoms with E-state index in [1.807, 2.05) is 30.3 Å². The molecule has 0 aromatic heterocycles. The summed E-state index contributed by atoms with van der Waals surface area (Å²) < 4.78 is 0. The van der Waals surface area contributed by atoms with E-state index in [0.29, 0.717) is 39.1 Å². The Balaban J connectivity index is 1.54. The van der Waals surface area contributed by atoms with E-state index in [1.165, 1.54) is 0 Å². The maximum Gasteiger partial charge on any atom is 0.317 e. The first-order valence-electron chi connectivity index (χ1n) is 7.77. The van der Waals surface area contributed by atoms with E-state index in [0.717, 1.165) is 12.1 Å². The van der Waals surface area contributed by atoms with Gasteiger partial charge >= 0.3 is 6.03 Å². The molecule has 23 heavy (non-hydrogen) atoms. The number of urea groups is 1. The van der Waals surface area contributed by atoms with Crippen LogP contribution >= 0.6 is 0 Å². The molecule has 2 saturated heterocycles. The van der Waals surface area contributed by atoms with Crippen LogP contribution in [-0.4, -0.2) is 66.9 Å². The summed E-state index contributed by atoms with van der Waals surface area (Å²) in [6, 6.07) is 9.12. The average Bonchev–Trinajstić information content (AvgIpc) is 2.96. The van der Waals surface area contributed by atoms with E-state index in [-0.39, 0.29) is 18.0 Å². The zero-order chi connectivity index (χ0) is 16.2. The molecule has 0 aliphatic carbocycles. The first kappa shape index (κ1) is 15.3. The number of rotatable bonds is 3. The zero-order valence-corrected chi connectivity index (χ0v) is 12.9. The number of amides is 4. The Labute approximate surface area is 134 Å². The fourth-order valence-corrected chi connectivity index (χ4v) is 2.96. The second-order valence-electron chi connectivity index (χ2n) is 5.82. The normalized spacial score (nSPS) is 21.5. The van der Waals surface area contributed by atoms with Gasteiger partial charge in [-0.05, 0) is 12.1 Å². The van der Waals surface area contributed by atoms with E-state index < -0.39 is 0 Å². The van der Waals surface area contributed by atoms with Gasteiger partial charge < -0.3 is 20.0 Å². The minimum Gasteiger partial charge on any atom is -0.342 e. The number of carbonyl (C=O) groups excluding carboxylic acids is 3. The summed E-state index contributed by atoms with van der Waals surface area (Å²) in [6.45, 7) is 2.64. The first-order valence-corrected chi connectivity index (χ1v) is 7.77. The molecule has 2 aliphatic rings. The van der Waals surface area contributed by atoms with Crippen molar-refractivity contribution in [3.63, 3.8) is 0 Å². The lowest BCUT2D eigenvalue weighted by molar-refractivity contribution is -0.119. The molecule has 0 bridgehead atoms. The molecule has 2 fully saturated rings. The van der Waals surface area contributed by atoms with Crippen LogP contribution in [0.5, 0.6) is 0 Å². The molecule has 7 heteroatoms. The van der Waals surface area contributed by atoms with Gasteiger partial charge in [-0.1, -0.05) is 18.2 Å². The summed E-state index contributed by atoms with van der Waals surface area (Å²) in [7, 11) is 0. The maximum absolute atomic E-state index is 12.3. The van der Waals surface area contributed by atoms with Crippen LogP contribution in [0.3, 0.4) is 0 Å². The second-order valence-corrected chi connectivity index (χ2v) is 5.82. The Morgan fingerprint density at radius 2 is 1.83 bits per heavy atom. The van der Waals surface area contributed by atoms with Gasteiger partial charge in [-0.2, -0.15) is 0 Å². The quantitative estimate of drug-likeness (QED) is 0.814. The van der Waals surface area contributed by atoms with Gasteiger partial charge in [-0.3, -0.25) is 9.59 Å². The van der Waals surface area contributed by atoms with Gasteiger partial charge in [-0.15, -0.1) is 0 Å². The molecule has 122 valence electrons. The molecule has 3 rings (SSSR count). The van der Waals surface area contributed by atoms with Crippen LogP contribution in [0.4, 0.5) is 10.5 Å². The van der Waals surface area contributed by atoms with Crippen molar-refractivity contribution in [3.05, 3.63) is 30.3 Å². The third-order valence-electron chi connectivity index (χ3n) is 4.27. The number of anilines is 1. The standard InChI is InChI=1S/C16H20N4O3/c21-12-18-6-8-19(9-7-18)16(23)17-13-10-15(22)20(11-13)14-4-2-1-3-5-14/h1-5,12-13H,6-11H2,(H,17,23). The molecule has 7 nitrogen and oxygen atoms in total. The highest BCUT2D eigenvalue weighted by Crippen LogP contribution is 2.21. The van der Waals surface area contributed by atoms with Crippen LogP contribution in [0.25, 0.3) is 0 Å². The van der Waals surface area contributed by atoms with Gasteiger partial charge in [-0.25, -0.2) is 4.79 Å².